The second-order valence-electron chi connectivity index (χ2n) is 5.54. The summed E-state index contributed by atoms with van der Waals surface area (Å²) in [6.07, 6.45) is 0.909. The topological polar surface area (TPSA) is 35.2 Å². The van der Waals surface area contributed by atoms with Crippen molar-refractivity contribution >= 4 is 12.4 Å². The molecule has 0 unspecified atom stereocenters. The maximum Gasteiger partial charge on any atom is 0.119 e. The van der Waals surface area contributed by atoms with Gasteiger partial charge in [0.25, 0.3) is 0 Å². The normalized spacial score (nSPS) is 10.0. The minimum atomic E-state index is 0. The summed E-state index contributed by atoms with van der Waals surface area (Å²) >= 11 is 0. The maximum atomic E-state index is 5.83. The molecule has 3 heteroatoms. The van der Waals surface area contributed by atoms with Crippen LogP contribution in [0.2, 0.25) is 0 Å². The molecule has 0 saturated carbocycles. The largest absolute Gasteiger partial charge is 0.489 e. The van der Waals surface area contributed by atoms with Crippen LogP contribution in [-0.4, -0.2) is 6.54 Å². The lowest BCUT2D eigenvalue weighted by Gasteiger charge is -2.08. The third kappa shape index (κ3) is 4.85. The number of rotatable bonds is 6. The zero-order valence-corrected chi connectivity index (χ0v) is 14.3. The molecule has 3 rings (SSSR count). The Morgan fingerprint density at radius 1 is 0.708 bits per heavy atom. The highest BCUT2D eigenvalue weighted by atomic mass is 35.5. The summed E-state index contributed by atoms with van der Waals surface area (Å²) in [5.41, 5.74) is 10.5. The van der Waals surface area contributed by atoms with Crippen LogP contribution in [0.3, 0.4) is 0 Å². The minimum absolute atomic E-state index is 0. The monoisotopic (exact) mass is 339 g/mol. The molecular weight excluding hydrogens is 318 g/mol. The van der Waals surface area contributed by atoms with Crippen molar-refractivity contribution in [3.8, 4) is 16.9 Å². The molecule has 2 N–H and O–H groups in total. The first kappa shape index (κ1) is 18.1. The molecule has 0 aliphatic carbocycles. The number of hydrogen-bond acceptors (Lipinski definition) is 2. The van der Waals surface area contributed by atoms with Crippen LogP contribution < -0.4 is 10.5 Å². The molecule has 0 bridgehead atoms. The molecule has 0 fully saturated rings. The maximum absolute atomic E-state index is 5.83. The Morgan fingerprint density at radius 3 is 2.12 bits per heavy atom. The fourth-order valence-electron chi connectivity index (χ4n) is 2.56. The van der Waals surface area contributed by atoms with E-state index in [-0.39, 0.29) is 12.4 Å². The van der Waals surface area contributed by atoms with Crippen molar-refractivity contribution in [2.24, 2.45) is 5.73 Å². The molecular formula is C21H22ClNO. The van der Waals surface area contributed by atoms with E-state index in [1.807, 2.05) is 30.3 Å². The Balaban J connectivity index is 0.00000208. The van der Waals surface area contributed by atoms with Crippen molar-refractivity contribution in [2.75, 3.05) is 6.54 Å². The van der Waals surface area contributed by atoms with Crippen LogP contribution >= 0.6 is 12.4 Å². The van der Waals surface area contributed by atoms with Gasteiger partial charge in [0.2, 0.25) is 0 Å². The van der Waals surface area contributed by atoms with Gasteiger partial charge in [-0.2, -0.15) is 0 Å². The zero-order chi connectivity index (χ0) is 15.9. The Morgan fingerprint density at radius 2 is 1.42 bits per heavy atom. The van der Waals surface area contributed by atoms with Crippen LogP contribution in [0.1, 0.15) is 11.1 Å². The van der Waals surface area contributed by atoms with Crippen molar-refractivity contribution in [3.05, 3.63) is 90.0 Å². The molecule has 124 valence electrons. The number of hydrogen-bond donors (Lipinski definition) is 1. The summed E-state index contributed by atoms with van der Waals surface area (Å²) in [5.74, 6) is 0.885. The Kier molecular flexibility index (Phi) is 6.86. The molecule has 0 saturated heterocycles. The average molecular weight is 340 g/mol. The average Bonchev–Trinajstić information content (AvgIpc) is 2.62. The molecule has 0 spiro atoms. The van der Waals surface area contributed by atoms with Gasteiger partial charge in [0, 0.05) is 0 Å². The Labute approximate surface area is 149 Å². The lowest BCUT2D eigenvalue weighted by Crippen LogP contribution is -2.02. The summed E-state index contributed by atoms with van der Waals surface area (Å²) in [7, 11) is 0. The molecule has 0 atom stereocenters. The van der Waals surface area contributed by atoms with Gasteiger partial charge >= 0.3 is 0 Å². The van der Waals surface area contributed by atoms with E-state index in [0.717, 1.165) is 12.2 Å². The van der Waals surface area contributed by atoms with E-state index in [1.165, 1.54) is 22.3 Å². The lowest BCUT2D eigenvalue weighted by molar-refractivity contribution is 0.306. The third-order valence-electron chi connectivity index (χ3n) is 3.80. The first-order valence-electron chi connectivity index (χ1n) is 7.91. The van der Waals surface area contributed by atoms with Crippen LogP contribution in [0.15, 0.2) is 78.9 Å². The van der Waals surface area contributed by atoms with E-state index < -0.39 is 0 Å². The van der Waals surface area contributed by atoms with Crippen molar-refractivity contribution in [1.29, 1.82) is 0 Å². The molecule has 0 amide bonds. The van der Waals surface area contributed by atoms with Gasteiger partial charge in [0.05, 0.1) is 0 Å². The predicted octanol–water partition coefficient (Wildman–Crippen LogP) is 4.86. The molecule has 0 aromatic heterocycles. The molecule has 24 heavy (non-hydrogen) atoms. The smallest absolute Gasteiger partial charge is 0.119 e. The highest BCUT2D eigenvalue weighted by Crippen LogP contribution is 2.24. The summed E-state index contributed by atoms with van der Waals surface area (Å²) in [5, 5.41) is 0. The van der Waals surface area contributed by atoms with Gasteiger partial charge < -0.3 is 10.5 Å². The number of halogens is 1. The Bertz CT molecular complexity index is 741. The van der Waals surface area contributed by atoms with Crippen LogP contribution in [-0.2, 0) is 13.0 Å². The van der Waals surface area contributed by atoms with Crippen LogP contribution in [0.4, 0.5) is 0 Å². The minimum Gasteiger partial charge on any atom is -0.489 e. The molecule has 0 aliphatic heterocycles. The van der Waals surface area contributed by atoms with Gasteiger partial charge in [-0.05, 0) is 47.4 Å². The van der Waals surface area contributed by atoms with Crippen molar-refractivity contribution < 1.29 is 4.74 Å². The second kappa shape index (κ2) is 9.11. The first-order chi connectivity index (χ1) is 11.3. The standard InChI is InChI=1S/C21H21NO.ClH/c22-14-13-17-7-4-8-20(15-17)19-9-11-21(12-10-19)23-16-18-5-2-1-3-6-18;/h1-12,15H,13-14,16,22H2;1H. The second-order valence-corrected chi connectivity index (χ2v) is 5.54. The fraction of sp³-hybridized carbons (Fsp3) is 0.143. The zero-order valence-electron chi connectivity index (χ0n) is 13.5. The van der Waals surface area contributed by atoms with Gasteiger partial charge in [0.15, 0.2) is 0 Å². The van der Waals surface area contributed by atoms with Gasteiger partial charge in [0.1, 0.15) is 12.4 Å². The van der Waals surface area contributed by atoms with Crippen molar-refractivity contribution in [2.45, 2.75) is 13.0 Å². The predicted molar refractivity (Wildman–Crippen MR) is 103 cm³/mol. The van der Waals surface area contributed by atoms with Crippen LogP contribution in [0, 0.1) is 0 Å². The number of benzene rings is 3. The summed E-state index contributed by atoms with van der Waals surface area (Å²) < 4.78 is 5.83. The molecule has 0 heterocycles. The Hall–Kier alpha value is -2.29. The van der Waals surface area contributed by atoms with Gasteiger partial charge in [-0.25, -0.2) is 0 Å². The summed E-state index contributed by atoms with van der Waals surface area (Å²) in [6, 6.07) is 27.0. The van der Waals surface area contributed by atoms with Gasteiger partial charge in [-0.1, -0.05) is 66.7 Å². The SMILES string of the molecule is Cl.NCCc1cccc(-c2ccc(OCc3ccccc3)cc2)c1. The van der Waals surface area contributed by atoms with E-state index in [2.05, 4.69) is 48.5 Å². The van der Waals surface area contributed by atoms with E-state index >= 15 is 0 Å². The van der Waals surface area contributed by atoms with Crippen molar-refractivity contribution in [1.82, 2.24) is 0 Å². The van der Waals surface area contributed by atoms with Crippen LogP contribution in [0.25, 0.3) is 11.1 Å². The lowest BCUT2D eigenvalue weighted by atomic mass is 10.0. The quantitative estimate of drug-likeness (QED) is 0.696. The molecule has 3 aromatic carbocycles. The molecule has 3 aromatic rings. The van der Waals surface area contributed by atoms with E-state index in [1.54, 1.807) is 0 Å². The van der Waals surface area contributed by atoms with Gasteiger partial charge in [-0.3, -0.25) is 0 Å². The summed E-state index contributed by atoms with van der Waals surface area (Å²) in [6.45, 7) is 1.27. The number of ether oxygens (including phenoxy) is 1. The highest BCUT2D eigenvalue weighted by Gasteiger charge is 2.01. The highest BCUT2D eigenvalue weighted by molar-refractivity contribution is 5.85. The van der Waals surface area contributed by atoms with Crippen molar-refractivity contribution in [3.63, 3.8) is 0 Å². The van der Waals surface area contributed by atoms with Gasteiger partial charge in [-0.15, -0.1) is 12.4 Å². The third-order valence-corrected chi connectivity index (χ3v) is 3.80. The molecule has 2 nitrogen and oxygen atoms in total. The fourth-order valence-corrected chi connectivity index (χ4v) is 2.56. The molecule has 0 radical (unpaired) electrons. The molecule has 0 aliphatic rings. The van der Waals surface area contributed by atoms with Crippen LogP contribution in [0.5, 0.6) is 5.75 Å². The van der Waals surface area contributed by atoms with E-state index in [4.69, 9.17) is 10.5 Å². The van der Waals surface area contributed by atoms with E-state index in [0.29, 0.717) is 13.2 Å². The van der Waals surface area contributed by atoms with E-state index in [9.17, 15) is 0 Å². The summed E-state index contributed by atoms with van der Waals surface area (Å²) in [4.78, 5) is 0. The first-order valence-corrected chi connectivity index (χ1v) is 7.91. The number of nitrogens with two attached hydrogens (primary N) is 1.